The summed E-state index contributed by atoms with van der Waals surface area (Å²) in [6.07, 6.45) is 18.0. The van der Waals surface area contributed by atoms with Gasteiger partial charge in [-0.15, -0.1) is 0 Å². The molecule has 3 nitrogen and oxygen atoms in total. The number of nitro groups is 1. The molecule has 104 valence electrons. The van der Waals surface area contributed by atoms with Gasteiger partial charge in [-0.2, -0.15) is 0 Å². The molecular weight excluding hydrogens is 262 g/mol. The summed E-state index contributed by atoms with van der Waals surface area (Å²) in [5.74, 6) is 0. The molecule has 0 bridgehead atoms. The Balaban J connectivity index is 2.08. The van der Waals surface area contributed by atoms with E-state index in [9.17, 15) is 10.1 Å². The molecule has 0 fully saturated rings. The SMILES string of the molecule is CC12C3=CC=CC1=CC=C1C=C([N+](=O)[O-])C=C(C=C3)C12C. The van der Waals surface area contributed by atoms with Crippen LogP contribution in [0.5, 0.6) is 0 Å². The molecule has 4 aliphatic rings. The molecule has 4 rings (SSSR count). The lowest BCUT2D eigenvalue weighted by Gasteiger charge is -2.55. The highest BCUT2D eigenvalue weighted by atomic mass is 16.6. The molecule has 0 aromatic carbocycles. The molecule has 2 unspecified atom stereocenters. The lowest BCUT2D eigenvalue weighted by Crippen LogP contribution is -2.47. The van der Waals surface area contributed by atoms with Crippen molar-refractivity contribution in [3.05, 3.63) is 92.8 Å². The van der Waals surface area contributed by atoms with Crippen LogP contribution < -0.4 is 0 Å². The Hall–Kier alpha value is -2.42. The molecule has 0 aliphatic heterocycles. The summed E-state index contributed by atoms with van der Waals surface area (Å²) in [5.41, 5.74) is 4.32. The fraction of sp³-hybridized carbons (Fsp3) is 0.222. The number of allylic oxidation sites excluding steroid dienone is 13. The fourth-order valence-electron chi connectivity index (χ4n) is 4.06. The van der Waals surface area contributed by atoms with Crippen LogP contribution in [0.3, 0.4) is 0 Å². The van der Waals surface area contributed by atoms with Crippen LogP contribution in [0, 0.1) is 20.9 Å². The van der Waals surface area contributed by atoms with Crippen LogP contribution in [-0.2, 0) is 0 Å². The van der Waals surface area contributed by atoms with Gasteiger partial charge in [-0.25, -0.2) is 0 Å². The zero-order chi connectivity index (χ0) is 14.8. The molecule has 2 atom stereocenters. The molecule has 0 N–H and O–H groups in total. The van der Waals surface area contributed by atoms with E-state index in [2.05, 4.69) is 44.2 Å². The average Bonchev–Trinajstić information content (AvgIpc) is 2.45. The van der Waals surface area contributed by atoms with E-state index in [0.717, 1.165) is 11.1 Å². The molecule has 21 heavy (non-hydrogen) atoms. The van der Waals surface area contributed by atoms with E-state index in [1.165, 1.54) is 11.1 Å². The van der Waals surface area contributed by atoms with E-state index < -0.39 is 0 Å². The third-order valence-electron chi connectivity index (χ3n) is 5.56. The maximum absolute atomic E-state index is 11.2. The Bertz CT molecular complexity index is 801. The smallest absolute Gasteiger partial charge is 0.258 e. The second-order valence-electron chi connectivity index (χ2n) is 6.23. The van der Waals surface area contributed by atoms with Crippen LogP contribution in [0.25, 0.3) is 0 Å². The second kappa shape index (κ2) is 3.61. The molecule has 0 saturated carbocycles. The molecule has 4 aliphatic carbocycles. The minimum absolute atomic E-state index is 0.162. The van der Waals surface area contributed by atoms with Crippen LogP contribution in [0.15, 0.2) is 82.7 Å². The van der Waals surface area contributed by atoms with E-state index in [-0.39, 0.29) is 21.5 Å². The van der Waals surface area contributed by atoms with Crippen molar-refractivity contribution in [2.24, 2.45) is 10.8 Å². The predicted molar refractivity (Wildman–Crippen MR) is 81.9 cm³/mol. The third kappa shape index (κ3) is 1.24. The summed E-state index contributed by atoms with van der Waals surface area (Å²) < 4.78 is 0. The predicted octanol–water partition coefficient (Wildman–Crippen LogP) is 4.03. The normalized spacial score (nSPS) is 35.0. The van der Waals surface area contributed by atoms with Crippen molar-refractivity contribution in [1.29, 1.82) is 0 Å². The van der Waals surface area contributed by atoms with Crippen LogP contribution in [0.1, 0.15) is 13.8 Å². The van der Waals surface area contributed by atoms with Crippen molar-refractivity contribution in [3.8, 4) is 0 Å². The Kier molecular flexibility index (Phi) is 2.12. The van der Waals surface area contributed by atoms with Crippen molar-refractivity contribution in [1.82, 2.24) is 0 Å². The highest BCUT2D eigenvalue weighted by molar-refractivity contribution is 5.66. The van der Waals surface area contributed by atoms with Gasteiger partial charge in [-0.3, -0.25) is 10.1 Å². The van der Waals surface area contributed by atoms with E-state index in [1.54, 1.807) is 12.2 Å². The minimum atomic E-state index is -0.311. The standard InChI is InChI=1S/C18H15NO2/c1-17-12-4-3-5-13(17)7-9-15-11-16(19(20)21)10-14(8-6-12)18(15,17)2/h3-11H,1-2H3. The Labute approximate surface area is 123 Å². The number of hydrogen-bond acceptors (Lipinski definition) is 2. The van der Waals surface area contributed by atoms with E-state index in [1.807, 2.05) is 12.2 Å². The summed E-state index contributed by atoms with van der Waals surface area (Å²) >= 11 is 0. The average molecular weight is 277 g/mol. The zero-order valence-electron chi connectivity index (χ0n) is 12.0. The van der Waals surface area contributed by atoms with Crippen molar-refractivity contribution in [2.45, 2.75) is 13.8 Å². The first-order chi connectivity index (χ1) is 9.98. The van der Waals surface area contributed by atoms with Crippen molar-refractivity contribution in [2.75, 3.05) is 0 Å². The molecule has 0 aromatic heterocycles. The quantitative estimate of drug-likeness (QED) is 0.536. The van der Waals surface area contributed by atoms with Gasteiger partial charge >= 0.3 is 0 Å². The summed E-state index contributed by atoms with van der Waals surface area (Å²) in [4.78, 5) is 10.9. The number of hydrogen-bond donors (Lipinski definition) is 0. The van der Waals surface area contributed by atoms with Crippen LogP contribution >= 0.6 is 0 Å². The first kappa shape index (κ1) is 12.3. The van der Waals surface area contributed by atoms with E-state index in [0.29, 0.717) is 0 Å². The molecule has 0 saturated heterocycles. The summed E-state index contributed by atoms with van der Waals surface area (Å²) in [7, 11) is 0. The largest absolute Gasteiger partial charge is 0.270 e. The molecule has 0 heterocycles. The lowest BCUT2D eigenvalue weighted by molar-refractivity contribution is -0.419. The Morgan fingerprint density at radius 3 is 2.24 bits per heavy atom. The van der Waals surface area contributed by atoms with Gasteiger partial charge in [0.15, 0.2) is 0 Å². The molecule has 3 heteroatoms. The van der Waals surface area contributed by atoms with E-state index in [4.69, 9.17) is 0 Å². The second-order valence-corrected chi connectivity index (χ2v) is 6.23. The number of rotatable bonds is 1. The summed E-state index contributed by atoms with van der Waals surface area (Å²) in [6.45, 7) is 4.44. The minimum Gasteiger partial charge on any atom is -0.258 e. The Morgan fingerprint density at radius 2 is 1.48 bits per heavy atom. The lowest BCUT2D eigenvalue weighted by atomic mass is 9.47. The number of nitrogens with zero attached hydrogens (tertiary/aromatic N) is 1. The molecule has 0 spiro atoms. The van der Waals surface area contributed by atoms with Crippen LogP contribution in [-0.4, -0.2) is 4.92 Å². The topological polar surface area (TPSA) is 43.1 Å². The van der Waals surface area contributed by atoms with Gasteiger partial charge in [0.25, 0.3) is 5.70 Å². The summed E-state index contributed by atoms with van der Waals surface area (Å²) in [6, 6.07) is 0. The third-order valence-corrected chi connectivity index (χ3v) is 5.56. The van der Waals surface area contributed by atoms with Gasteiger partial charge in [-0.05, 0) is 22.3 Å². The van der Waals surface area contributed by atoms with Gasteiger partial charge in [-0.1, -0.05) is 56.4 Å². The van der Waals surface area contributed by atoms with Gasteiger partial charge in [0, 0.05) is 23.0 Å². The van der Waals surface area contributed by atoms with Gasteiger partial charge < -0.3 is 0 Å². The highest BCUT2D eigenvalue weighted by Crippen LogP contribution is 2.64. The first-order valence-electron chi connectivity index (χ1n) is 7.06. The van der Waals surface area contributed by atoms with Gasteiger partial charge in [0.05, 0.1) is 4.92 Å². The van der Waals surface area contributed by atoms with Gasteiger partial charge in [0.2, 0.25) is 0 Å². The monoisotopic (exact) mass is 277 g/mol. The van der Waals surface area contributed by atoms with Crippen molar-refractivity contribution >= 4 is 0 Å². The first-order valence-corrected chi connectivity index (χ1v) is 7.06. The fourth-order valence-corrected chi connectivity index (χ4v) is 4.06. The highest BCUT2D eigenvalue weighted by Gasteiger charge is 2.56. The summed E-state index contributed by atoms with van der Waals surface area (Å²) in [5, 5.41) is 11.2. The molecule has 0 radical (unpaired) electrons. The van der Waals surface area contributed by atoms with Crippen molar-refractivity contribution < 1.29 is 4.92 Å². The maximum Gasteiger partial charge on any atom is 0.270 e. The van der Waals surface area contributed by atoms with Crippen molar-refractivity contribution in [3.63, 3.8) is 0 Å². The van der Waals surface area contributed by atoms with Gasteiger partial charge in [0.1, 0.15) is 0 Å². The van der Waals surface area contributed by atoms with Crippen LogP contribution in [0.2, 0.25) is 0 Å². The Morgan fingerprint density at radius 1 is 0.857 bits per heavy atom. The zero-order valence-corrected chi connectivity index (χ0v) is 12.0. The van der Waals surface area contributed by atoms with E-state index >= 15 is 0 Å². The van der Waals surface area contributed by atoms with Crippen LogP contribution in [0.4, 0.5) is 0 Å². The molecular formula is C18H15NO2. The molecule has 0 aromatic rings. The molecule has 0 amide bonds. The maximum atomic E-state index is 11.2.